The second-order valence-electron chi connectivity index (χ2n) is 3.97. The summed E-state index contributed by atoms with van der Waals surface area (Å²) in [6, 6.07) is 11.7. The van der Waals surface area contributed by atoms with Crippen LogP contribution < -0.4 is 4.74 Å². The molecule has 17 heavy (non-hydrogen) atoms. The molecule has 0 N–H and O–H groups in total. The van der Waals surface area contributed by atoms with Gasteiger partial charge in [-0.05, 0) is 37.1 Å². The maximum Gasteiger partial charge on any atom is 0.219 e. The summed E-state index contributed by atoms with van der Waals surface area (Å²) in [5.74, 6) is 1.81. The molecule has 88 valence electrons. The minimum atomic E-state index is 0.393. The molecule has 1 aromatic carbocycles. The number of halogens is 1. The first-order valence-electron chi connectivity index (χ1n) is 5.46. The molecule has 0 aliphatic rings. The molecular formula is C14H14ClNO. The number of hydrogen-bond donors (Lipinski definition) is 0. The van der Waals surface area contributed by atoms with Gasteiger partial charge in [-0.1, -0.05) is 18.2 Å². The number of benzene rings is 1. The number of hydrogen-bond acceptors (Lipinski definition) is 2. The van der Waals surface area contributed by atoms with Crippen molar-refractivity contribution in [2.75, 3.05) is 0 Å². The van der Waals surface area contributed by atoms with Gasteiger partial charge in [-0.2, -0.15) is 0 Å². The number of alkyl halides is 1. The standard InChI is InChI=1S/C14H14ClNO/c1-10-6-7-11(2)13(8-10)17-14-5-3-4-12(9-15)16-14/h3-8H,9H2,1-2H3. The van der Waals surface area contributed by atoms with Crippen LogP contribution in [-0.4, -0.2) is 4.98 Å². The molecule has 0 aliphatic carbocycles. The Labute approximate surface area is 106 Å². The van der Waals surface area contributed by atoms with E-state index in [1.54, 1.807) is 0 Å². The lowest BCUT2D eigenvalue weighted by atomic mass is 10.1. The molecule has 0 spiro atoms. The average Bonchev–Trinajstić information content (AvgIpc) is 2.34. The molecular weight excluding hydrogens is 234 g/mol. The minimum absolute atomic E-state index is 0.393. The zero-order valence-corrected chi connectivity index (χ0v) is 10.7. The van der Waals surface area contributed by atoms with Crippen molar-refractivity contribution >= 4 is 11.6 Å². The van der Waals surface area contributed by atoms with Crippen LogP contribution in [0.15, 0.2) is 36.4 Å². The normalized spacial score (nSPS) is 10.3. The lowest BCUT2D eigenvalue weighted by Crippen LogP contribution is -1.93. The summed E-state index contributed by atoms with van der Waals surface area (Å²) in [6.45, 7) is 4.05. The first-order valence-corrected chi connectivity index (χ1v) is 5.99. The lowest BCUT2D eigenvalue weighted by Gasteiger charge is -2.09. The third-order valence-electron chi connectivity index (χ3n) is 2.48. The predicted molar refractivity (Wildman–Crippen MR) is 69.8 cm³/mol. The van der Waals surface area contributed by atoms with E-state index in [0.29, 0.717) is 11.8 Å². The monoisotopic (exact) mass is 247 g/mol. The van der Waals surface area contributed by atoms with Crippen molar-refractivity contribution in [2.45, 2.75) is 19.7 Å². The fourth-order valence-corrected chi connectivity index (χ4v) is 1.67. The Kier molecular flexibility index (Phi) is 3.64. The van der Waals surface area contributed by atoms with Crippen LogP contribution in [-0.2, 0) is 5.88 Å². The molecule has 0 radical (unpaired) electrons. The van der Waals surface area contributed by atoms with Crippen LogP contribution in [0.2, 0.25) is 0 Å². The lowest BCUT2D eigenvalue weighted by molar-refractivity contribution is 0.457. The van der Waals surface area contributed by atoms with Crippen molar-refractivity contribution in [1.29, 1.82) is 0 Å². The number of aromatic nitrogens is 1. The van der Waals surface area contributed by atoms with Crippen molar-refractivity contribution in [3.63, 3.8) is 0 Å². The van der Waals surface area contributed by atoms with Crippen LogP contribution in [0.3, 0.4) is 0 Å². The van der Waals surface area contributed by atoms with Crippen molar-refractivity contribution < 1.29 is 4.74 Å². The molecule has 0 fully saturated rings. The summed E-state index contributed by atoms with van der Waals surface area (Å²) in [4.78, 5) is 4.30. The van der Waals surface area contributed by atoms with E-state index in [4.69, 9.17) is 16.3 Å². The molecule has 1 heterocycles. The first-order chi connectivity index (χ1) is 8.19. The van der Waals surface area contributed by atoms with Gasteiger partial charge in [-0.3, -0.25) is 0 Å². The van der Waals surface area contributed by atoms with Gasteiger partial charge in [0.2, 0.25) is 5.88 Å². The van der Waals surface area contributed by atoms with Crippen LogP contribution in [0, 0.1) is 13.8 Å². The van der Waals surface area contributed by atoms with Gasteiger partial charge in [0.25, 0.3) is 0 Å². The second kappa shape index (κ2) is 5.19. The zero-order valence-electron chi connectivity index (χ0n) is 9.90. The van der Waals surface area contributed by atoms with Crippen molar-refractivity contribution in [3.05, 3.63) is 53.2 Å². The molecule has 0 atom stereocenters. The highest BCUT2D eigenvalue weighted by Gasteiger charge is 2.03. The van der Waals surface area contributed by atoms with E-state index in [1.165, 1.54) is 5.56 Å². The maximum absolute atomic E-state index is 5.76. The Morgan fingerprint density at radius 2 is 2.00 bits per heavy atom. The molecule has 0 unspecified atom stereocenters. The topological polar surface area (TPSA) is 22.1 Å². The highest BCUT2D eigenvalue weighted by molar-refractivity contribution is 6.16. The maximum atomic E-state index is 5.76. The number of aryl methyl sites for hydroxylation is 2. The smallest absolute Gasteiger partial charge is 0.219 e. The van der Waals surface area contributed by atoms with Gasteiger partial charge in [-0.25, -0.2) is 4.98 Å². The fraction of sp³-hybridized carbons (Fsp3) is 0.214. The van der Waals surface area contributed by atoms with E-state index in [2.05, 4.69) is 11.1 Å². The highest BCUT2D eigenvalue weighted by Crippen LogP contribution is 2.24. The van der Waals surface area contributed by atoms with E-state index in [1.807, 2.05) is 44.2 Å². The predicted octanol–water partition coefficient (Wildman–Crippen LogP) is 4.23. The molecule has 2 rings (SSSR count). The van der Waals surface area contributed by atoms with E-state index < -0.39 is 0 Å². The average molecular weight is 248 g/mol. The summed E-state index contributed by atoms with van der Waals surface area (Å²) in [5, 5.41) is 0. The quantitative estimate of drug-likeness (QED) is 0.758. The molecule has 0 saturated heterocycles. The molecule has 2 nitrogen and oxygen atoms in total. The van der Waals surface area contributed by atoms with E-state index >= 15 is 0 Å². The third-order valence-corrected chi connectivity index (χ3v) is 2.75. The number of rotatable bonds is 3. The SMILES string of the molecule is Cc1ccc(C)c(Oc2cccc(CCl)n2)c1. The Hall–Kier alpha value is -1.54. The molecule has 0 amide bonds. The van der Waals surface area contributed by atoms with Crippen molar-refractivity contribution in [2.24, 2.45) is 0 Å². The largest absolute Gasteiger partial charge is 0.439 e. The van der Waals surface area contributed by atoms with Gasteiger partial charge < -0.3 is 4.74 Å². The van der Waals surface area contributed by atoms with E-state index in [0.717, 1.165) is 17.0 Å². The number of nitrogens with zero attached hydrogens (tertiary/aromatic N) is 1. The molecule has 0 saturated carbocycles. The van der Waals surface area contributed by atoms with Gasteiger partial charge in [0.05, 0.1) is 11.6 Å². The third kappa shape index (κ3) is 2.98. The van der Waals surface area contributed by atoms with Crippen molar-refractivity contribution in [1.82, 2.24) is 4.98 Å². The fourth-order valence-electron chi connectivity index (χ4n) is 1.52. The highest BCUT2D eigenvalue weighted by atomic mass is 35.5. The molecule has 2 aromatic rings. The molecule has 3 heteroatoms. The van der Waals surface area contributed by atoms with E-state index in [-0.39, 0.29) is 0 Å². The van der Waals surface area contributed by atoms with Crippen LogP contribution in [0.25, 0.3) is 0 Å². The van der Waals surface area contributed by atoms with Gasteiger partial charge in [-0.15, -0.1) is 11.6 Å². The van der Waals surface area contributed by atoms with Gasteiger partial charge in [0.15, 0.2) is 0 Å². The number of pyridine rings is 1. The number of ether oxygens (including phenoxy) is 1. The Bertz CT molecular complexity index is 525. The Morgan fingerprint density at radius 3 is 2.76 bits per heavy atom. The van der Waals surface area contributed by atoms with Crippen LogP contribution in [0.1, 0.15) is 16.8 Å². The van der Waals surface area contributed by atoms with Crippen LogP contribution in [0.4, 0.5) is 0 Å². The summed E-state index contributed by atoms with van der Waals surface area (Å²) in [5.41, 5.74) is 3.07. The van der Waals surface area contributed by atoms with Crippen LogP contribution in [0.5, 0.6) is 11.6 Å². The van der Waals surface area contributed by atoms with Crippen LogP contribution >= 0.6 is 11.6 Å². The molecule has 0 bridgehead atoms. The molecule has 0 aliphatic heterocycles. The Balaban J connectivity index is 2.27. The zero-order chi connectivity index (χ0) is 12.3. The summed E-state index contributed by atoms with van der Waals surface area (Å²) < 4.78 is 5.76. The van der Waals surface area contributed by atoms with Gasteiger partial charge >= 0.3 is 0 Å². The Morgan fingerprint density at radius 1 is 1.18 bits per heavy atom. The minimum Gasteiger partial charge on any atom is -0.439 e. The van der Waals surface area contributed by atoms with Crippen molar-refractivity contribution in [3.8, 4) is 11.6 Å². The summed E-state index contributed by atoms with van der Waals surface area (Å²) in [7, 11) is 0. The second-order valence-corrected chi connectivity index (χ2v) is 4.24. The molecule has 1 aromatic heterocycles. The first kappa shape index (κ1) is 11.9. The summed E-state index contributed by atoms with van der Waals surface area (Å²) >= 11 is 5.74. The van der Waals surface area contributed by atoms with E-state index in [9.17, 15) is 0 Å². The van der Waals surface area contributed by atoms with Gasteiger partial charge in [0.1, 0.15) is 5.75 Å². The van der Waals surface area contributed by atoms with Gasteiger partial charge in [0, 0.05) is 6.07 Å². The summed E-state index contributed by atoms with van der Waals surface area (Å²) in [6.07, 6.45) is 0.